The van der Waals surface area contributed by atoms with Gasteiger partial charge in [0.1, 0.15) is 6.04 Å². The minimum absolute atomic E-state index is 0.0384. The summed E-state index contributed by atoms with van der Waals surface area (Å²) in [7, 11) is -4.01. The van der Waals surface area contributed by atoms with Gasteiger partial charge in [-0.15, -0.1) is 0 Å². The van der Waals surface area contributed by atoms with Crippen molar-refractivity contribution in [2.75, 3.05) is 5.32 Å². The van der Waals surface area contributed by atoms with Crippen LogP contribution in [0.2, 0.25) is 5.02 Å². The topological polar surface area (TPSA) is 110 Å². The fraction of sp³-hybridized carbons (Fsp3) is 0.130. The van der Waals surface area contributed by atoms with Crippen LogP contribution in [0.4, 0.5) is 5.69 Å². The van der Waals surface area contributed by atoms with Crippen molar-refractivity contribution in [1.29, 1.82) is 0 Å². The van der Waals surface area contributed by atoms with Crippen LogP contribution in [-0.4, -0.2) is 30.6 Å². The molecule has 0 saturated carbocycles. The molecule has 0 fully saturated rings. The Labute approximate surface area is 190 Å². The van der Waals surface area contributed by atoms with E-state index in [0.29, 0.717) is 5.02 Å². The van der Waals surface area contributed by atoms with Gasteiger partial charge < -0.3 is 11.1 Å². The van der Waals surface area contributed by atoms with Crippen LogP contribution < -0.4 is 11.1 Å². The summed E-state index contributed by atoms with van der Waals surface area (Å²) in [5, 5.41) is 3.10. The predicted molar refractivity (Wildman–Crippen MR) is 122 cm³/mol. The molecule has 3 aromatic carbocycles. The lowest BCUT2D eigenvalue weighted by Gasteiger charge is -2.35. The largest absolute Gasteiger partial charge is 0.366 e. The Morgan fingerprint density at radius 1 is 0.938 bits per heavy atom. The van der Waals surface area contributed by atoms with Crippen molar-refractivity contribution in [3.05, 3.63) is 94.5 Å². The molecular weight excluding hydrogens is 450 g/mol. The SMILES string of the molecule is NC(=O)c1ccccc1NC(=O)[C@H]1Cc2ccccc2CN1S(=O)(=O)c1ccc(Cl)cc1. The van der Waals surface area contributed by atoms with Crippen molar-refractivity contribution in [3.8, 4) is 0 Å². The van der Waals surface area contributed by atoms with E-state index in [1.807, 2.05) is 24.3 Å². The molecule has 1 atom stereocenters. The van der Waals surface area contributed by atoms with Crippen molar-refractivity contribution in [1.82, 2.24) is 4.31 Å². The van der Waals surface area contributed by atoms with Crippen LogP contribution in [0.1, 0.15) is 21.5 Å². The highest BCUT2D eigenvalue weighted by atomic mass is 35.5. The number of nitrogens with zero attached hydrogens (tertiary/aromatic N) is 1. The Kier molecular flexibility index (Phi) is 6.01. The molecule has 0 saturated heterocycles. The summed E-state index contributed by atoms with van der Waals surface area (Å²) in [5.41, 5.74) is 7.49. The van der Waals surface area contributed by atoms with E-state index in [1.165, 1.54) is 34.6 Å². The Morgan fingerprint density at radius 3 is 2.25 bits per heavy atom. The van der Waals surface area contributed by atoms with Crippen LogP contribution in [-0.2, 0) is 27.8 Å². The second-order valence-electron chi connectivity index (χ2n) is 7.39. The lowest BCUT2D eigenvalue weighted by atomic mass is 9.95. The second kappa shape index (κ2) is 8.74. The van der Waals surface area contributed by atoms with E-state index >= 15 is 0 Å². The Bertz CT molecular complexity index is 1290. The van der Waals surface area contributed by atoms with E-state index < -0.39 is 27.9 Å². The summed E-state index contributed by atoms with van der Waals surface area (Å²) in [6, 6.07) is 18.5. The van der Waals surface area contributed by atoms with Crippen molar-refractivity contribution in [2.45, 2.75) is 23.9 Å². The van der Waals surface area contributed by atoms with Gasteiger partial charge in [0.2, 0.25) is 15.9 Å². The lowest BCUT2D eigenvalue weighted by Crippen LogP contribution is -2.50. The van der Waals surface area contributed by atoms with Crippen molar-refractivity contribution >= 4 is 39.1 Å². The van der Waals surface area contributed by atoms with Gasteiger partial charge in [-0.1, -0.05) is 48.0 Å². The van der Waals surface area contributed by atoms with Gasteiger partial charge in [0.05, 0.1) is 16.1 Å². The van der Waals surface area contributed by atoms with E-state index in [-0.39, 0.29) is 29.1 Å². The number of amides is 2. The number of carbonyl (C=O) groups excluding carboxylic acids is 2. The van der Waals surface area contributed by atoms with E-state index in [0.717, 1.165) is 11.1 Å². The second-order valence-corrected chi connectivity index (χ2v) is 9.72. The van der Waals surface area contributed by atoms with Gasteiger partial charge in [-0.2, -0.15) is 4.31 Å². The number of hydrogen-bond donors (Lipinski definition) is 2. The summed E-state index contributed by atoms with van der Waals surface area (Å²) in [6.07, 6.45) is 0.188. The average Bonchev–Trinajstić information content (AvgIpc) is 2.78. The predicted octanol–water partition coefficient (Wildman–Crippen LogP) is 3.19. The van der Waals surface area contributed by atoms with Gasteiger partial charge in [0, 0.05) is 11.6 Å². The van der Waals surface area contributed by atoms with Crippen molar-refractivity contribution in [2.24, 2.45) is 5.73 Å². The molecule has 0 spiro atoms. The van der Waals surface area contributed by atoms with E-state index in [9.17, 15) is 18.0 Å². The van der Waals surface area contributed by atoms with Crippen LogP contribution in [0.5, 0.6) is 0 Å². The molecule has 0 aromatic heterocycles. The third-order valence-electron chi connectivity index (χ3n) is 5.38. The van der Waals surface area contributed by atoms with E-state index in [2.05, 4.69) is 5.32 Å². The summed E-state index contributed by atoms with van der Waals surface area (Å²) in [4.78, 5) is 25.1. The zero-order chi connectivity index (χ0) is 22.9. The highest BCUT2D eigenvalue weighted by Crippen LogP contribution is 2.30. The molecule has 3 aromatic rings. The standard InChI is InChI=1S/C23H20ClN3O4S/c24-17-9-11-18(12-10-17)32(30,31)27-14-16-6-2-1-5-15(16)13-21(27)23(29)26-20-8-4-3-7-19(20)22(25)28/h1-12,21H,13-14H2,(H2,25,28)(H,26,29)/t21-/m1/s1. The summed E-state index contributed by atoms with van der Waals surface area (Å²) < 4.78 is 28.1. The first-order valence-corrected chi connectivity index (χ1v) is 11.6. The number of halogens is 1. The van der Waals surface area contributed by atoms with E-state index in [4.69, 9.17) is 17.3 Å². The van der Waals surface area contributed by atoms with Gasteiger partial charge in [-0.05, 0) is 53.9 Å². The van der Waals surface area contributed by atoms with E-state index in [1.54, 1.807) is 18.2 Å². The summed E-state index contributed by atoms with van der Waals surface area (Å²) >= 11 is 5.91. The number of hydrogen-bond acceptors (Lipinski definition) is 4. The number of rotatable bonds is 5. The van der Waals surface area contributed by atoms with Crippen LogP contribution in [0.15, 0.2) is 77.7 Å². The first-order chi connectivity index (χ1) is 15.3. The minimum atomic E-state index is -4.01. The fourth-order valence-electron chi connectivity index (χ4n) is 3.74. The molecule has 2 amide bonds. The third kappa shape index (κ3) is 4.25. The van der Waals surface area contributed by atoms with Crippen molar-refractivity contribution in [3.63, 3.8) is 0 Å². The summed E-state index contributed by atoms with van der Waals surface area (Å²) in [5.74, 6) is -1.24. The molecule has 164 valence electrons. The van der Waals surface area contributed by atoms with Crippen molar-refractivity contribution < 1.29 is 18.0 Å². The van der Waals surface area contributed by atoms with Gasteiger partial charge in [-0.25, -0.2) is 8.42 Å². The highest BCUT2D eigenvalue weighted by molar-refractivity contribution is 7.89. The maximum absolute atomic E-state index is 13.5. The quantitative estimate of drug-likeness (QED) is 0.597. The molecule has 0 aliphatic carbocycles. The Hall–Kier alpha value is -3.20. The molecule has 0 bridgehead atoms. The van der Waals surface area contributed by atoms with Crippen LogP contribution in [0, 0.1) is 0 Å². The summed E-state index contributed by atoms with van der Waals surface area (Å²) in [6.45, 7) is 0.0384. The maximum Gasteiger partial charge on any atom is 0.250 e. The van der Waals surface area contributed by atoms with Gasteiger partial charge in [0.25, 0.3) is 5.91 Å². The number of fused-ring (bicyclic) bond motifs is 1. The van der Waals surface area contributed by atoms with Crippen LogP contribution in [0.25, 0.3) is 0 Å². The molecule has 7 nitrogen and oxygen atoms in total. The first kappa shape index (κ1) is 22.0. The van der Waals surface area contributed by atoms with Gasteiger partial charge in [0.15, 0.2) is 0 Å². The molecule has 1 aliphatic heterocycles. The number of sulfonamides is 1. The normalized spacial score (nSPS) is 16.2. The number of para-hydroxylation sites is 1. The molecule has 1 heterocycles. The Morgan fingerprint density at radius 2 is 1.56 bits per heavy atom. The molecule has 0 radical (unpaired) electrons. The molecular formula is C23H20ClN3O4S. The fourth-order valence-corrected chi connectivity index (χ4v) is 5.43. The molecule has 0 unspecified atom stereocenters. The Balaban J connectivity index is 1.73. The highest BCUT2D eigenvalue weighted by Gasteiger charge is 2.39. The van der Waals surface area contributed by atoms with Crippen LogP contribution >= 0.6 is 11.6 Å². The number of anilines is 1. The first-order valence-electron chi connectivity index (χ1n) is 9.81. The molecule has 32 heavy (non-hydrogen) atoms. The molecule has 1 aliphatic rings. The average molecular weight is 470 g/mol. The lowest BCUT2D eigenvalue weighted by molar-refractivity contribution is -0.120. The molecule has 3 N–H and O–H groups in total. The van der Waals surface area contributed by atoms with Crippen LogP contribution in [0.3, 0.4) is 0 Å². The zero-order valence-corrected chi connectivity index (χ0v) is 18.4. The maximum atomic E-state index is 13.5. The van der Waals surface area contributed by atoms with Gasteiger partial charge >= 0.3 is 0 Å². The molecule has 4 rings (SSSR count). The minimum Gasteiger partial charge on any atom is -0.366 e. The number of benzene rings is 3. The number of carbonyl (C=O) groups is 2. The number of primary amides is 1. The zero-order valence-electron chi connectivity index (χ0n) is 16.9. The third-order valence-corrected chi connectivity index (χ3v) is 7.50. The smallest absolute Gasteiger partial charge is 0.250 e. The monoisotopic (exact) mass is 469 g/mol. The van der Waals surface area contributed by atoms with Gasteiger partial charge in [-0.3, -0.25) is 9.59 Å². The number of nitrogens with one attached hydrogen (secondary N) is 1. The number of nitrogens with two attached hydrogens (primary N) is 1. The molecule has 9 heteroatoms.